The predicted molar refractivity (Wildman–Crippen MR) is 57.6 cm³/mol. The second-order valence-corrected chi connectivity index (χ2v) is 6.01. The van der Waals surface area contributed by atoms with Gasteiger partial charge in [-0.1, -0.05) is 40.5 Å². The lowest BCUT2D eigenvalue weighted by atomic mass is 9.74. The first-order valence-corrected chi connectivity index (χ1v) is 6.05. The fraction of sp³-hybridized carbons (Fsp3) is 1.00. The summed E-state index contributed by atoms with van der Waals surface area (Å²) in [5.74, 6) is 1.79. The number of hydrogen-bond acceptors (Lipinski definition) is 0. The van der Waals surface area contributed by atoms with E-state index in [0.717, 1.165) is 22.7 Å². The Balaban J connectivity index is 2.20. The molecule has 0 aromatic carbocycles. The van der Waals surface area contributed by atoms with Gasteiger partial charge in [-0.15, -0.1) is 0 Å². The molecule has 0 bridgehead atoms. The van der Waals surface area contributed by atoms with Crippen molar-refractivity contribution < 1.29 is 0 Å². The second kappa shape index (κ2) is 2.74. The second-order valence-electron chi connectivity index (χ2n) is 6.01. The van der Waals surface area contributed by atoms with E-state index in [2.05, 4.69) is 27.7 Å². The monoisotopic (exact) mass is 180 g/mol. The lowest BCUT2D eigenvalue weighted by Gasteiger charge is -2.30. The highest BCUT2D eigenvalue weighted by molar-refractivity contribution is 5.18. The van der Waals surface area contributed by atoms with Gasteiger partial charge >= 0.3 is 0 Å². The molecule has 2 saturated carbocycles. The van der Waals surface area contributed by atoms with Crippen LogP contribution in [0.4, 0.5) is 0 Å². The fourth-order valence-electron chi connectivity index (χ4n) is 4.51. The summed E-state index contributed by atoms with van der Waals surface area (Å²) >= 11 is 0. The Kier molecular flexibility index (Phi) is 2.02. The van der Waals surface area contributed by atoms with Crippen LogP contribution in [0.3, 0.4) is 0 Å². The minimum atomic E-state index is 0.726. The normalized spacial score (nSPS) is 29.1. The van der Waals surface area contributed by atoms with Crippen LogP contribution in [-0.4, -0.2) is 0 Å². The maximum Gasteiger partial charge on any atom is -0.0189 e. The number of hydrogen-bond donors (Lipinski definition) is 0. The summed E-state index contributed by atoms with van der Waals surface area (Å²) in [4.78, 5) is 0. The van der Waals surface area contributed by atoms with Crippen molar-refractivity contribution in [2.75, 3.05) is 0 Å². The minimum absolute atomic E-state index is 0.726. The van der Waals surface area contributed by atoms with Gasteiger partial charge in [0.05, 0.1) is 0 Å². The van der Waals surface area contributed by atoms with E-state index in [9.17, 15) is 0 Å². The SMILES string of the molecule is CC(C)C1(C(C)C)CC12CCCC2. The Morgan fingerprint density at radius 3 is 1.62 bits per heavy atom. The zero-order chi connectivity index (χ0) is 9.69. The first kappa shape index (κ1) is 9.55. The Labute approximate surface area is 83.1 Å². The predicted octanol–water partition coefficient (Wildman–Crippen LogP) is 4.25. The van der Waals surface area contributed by atoms with Gasteiger partial charge in [0.1, 0.15) is 0 Å². The standard InChI is InChI=1S/C13H24/c1-10(2)13(11(3)4)9-12(13)7-5-6-8-12/h10-11H,5-9H2,1-4H3. The molecule has 0 aromatic heterocycles. The molecule has 0 unspecified atom stereocenters. The van der Waals surface area contributed by atoms with E-state index >= 15 is 0 Å². The van der Waals surface area contributed by atoms with Gasteiger partial charge in [-0.25, -0.2) is 0 Å². The van der Waals surface area contributed by atoms with Crippen molar-refractivity contribution in [3.63, 3.8) is 0 Å². The van der Waals surface area contributed by atoms with Gasteiger partial charge in [-0.2, -0.15) is 0 Å². The summed E-state index contributed by atoms with van der Waals surface area (Å²) in [5, 5.41) is 0. The molecule has 2 aliphatic rings. The maximum atomic E-state index is 2.44. The fourth-order valence-corrected chi connectivity index (χ4v) is 4.51. The van der Waals surface area contributed by atoms with Crippen LogP contribution in [0.5, 0.6) is 0 Å². The molecule has 0 radical (unpaired) electrons. The summed E-state index contributed by atoms with van der Waals surface area (Å²) in [6.45, 7) is 9.75. The quantitative estimate of drug-likeness (QED) is 0.596. The lowest BCUT2D eigenvalue weighted by Crippen LogP contribution is -2.24. The molecule has 0 aromatic rings. The van der Waals surface area contributed by atoms with Crippen molar-refractivity contribution >= 4 is 0 Å². The molecular formula is C13H24. The molecule has 0 aliphatic heterocycles. The molecule has 0 atom stereocenters. The molecule has 2 fully saturated rings. The highest BCUT2D eigenvalue weighted by atomic mass is 14.7. The Hall–Kier alpha value is 0. The minimum Gasteiger partial charge on any atom is -0.0622 e. The molecule has 76 valence electrons. The third kappa shape index (κ3) is 1.04. The zero-order valence-corrected chi connectivity index (χ0v) is 9.69. The smallest absolute Gasteiger partial charge is 0.0189 e. The van der Waals surface area contributed by atoms with Crippen LogP contribution in [0, 0.1) is 22.7 Å². The molecule has 0 saturated heterocycles. The van der Waals surface area contributed by atoms with Crippen molar-refractivity contribution in [1.82, 2.24) is 0 Å². The van der Waals surface area contributed by atoms with Gasteiger partial charge in [0.2, 0.25) is 0 Å². The van der Waals surface area contributed by atoms with Gasteiger partial charge in [0, 0.05) is 0 Å². The average Bonchev–Trinajstić information content (AvgIpc) is 2.43. The van der Waals surface area contributed by atoms with Gasteiger partial charge in [-0.3, -0.25) is 0 Å². The summed E-state index contributed by atoms with van der Waals surface area (Å²) in [6, 6.07) is 0. The van der Waals surface area contributed by atoms with E-state index in [1.165, 1.54) is 32.1 Å². The molecule has 0 N–H and O–H groups in total. The van der Waals surface area contributed by atoms with Crippen molar-refractivity contribution in [3.05, 3.63) is 0 Å². The van der Waals surface area contributed by atoms with Crippen LogP contribution in [0.1, 0.15) is 59.8 Å². The van der Waals surface area contributed by atoms with E-state index < -0.39 is 0 Å². The molecule has 0 nitrogen and oxygen atoms in total. The molecule has 0 heterocycles. The van der Waals surface area contributed by atoms with Crippen LogP contribution in [-0.2, 0) is 0 Å². The summed E-state index contributed by atoms with van der Waals surface area (Å²) in [6.07, 6.45) is 7.60. The van der Waals surface area contributed by atoms with E-state index in [4.69, 9.17) is 0 Å². The van der Waals surface area contributed by atoms with Crippen molar-refractivity contribution in [1.29, 1.82) is 0 Å². The molecule has 0 amide bonds. The van der Waals surface area contributed by atoms with Crippen LogP contribution >= 0.6 is 0 Å². The highest BCUT2D eigenvalue weighted by Crippen LogP contribution is 2.77. The van der Waals surface area contributed by atoms with Gasteiger partial charge in [0.15, 0.2) is 0 Å². The van der Waals surface area contributed by atoms with Crippen molar-refractivity contribution in [3.8, 4) is 0 Å². The Bertz CT molecular complexity index is 186. The van der Waals surface area contributed by atoms with E-state index in [0.29, 0.717) is 0 Å². The van der Waals surface area contributed by atoms with Crippen LogP contribution in [0.25, 0.3) is 0 Å². The van der Waals surface area contributed by atoms with Crippen molar-refractivity contribution in [2.24, 2.45) is 22.7 Å². The third-order valence-electron chi connectivity index (χ3n) is 5.11. The van der Waals surface area contributed by atoms with Gasteiger partial charge < -0.3 is 0 Å². The van der Waals surface area contributed by atoms with E-state index in [-0.39, 0.29) is 0 Å². The Morgan fingerprint density at radius 1 is 0.846 bits per heavy atom. The zero-order valence-electron chi connectivity index (χ0n) is 9.69. The third-order valence-corrected chi connectivity index (χ3v) is 5.11. The van der Waals surface area contributed by atoms with Gasteiger partial charge in [0.25, 0.3) is 0 Å². The topological polar surface area (TPSA) is 0 Å². The van der Waals surface area contributed by atoms with Gasteiger partial charge in [-0.05, 0) is 41.9 Å². The van der Waals surface area contributed by atoms with Crippen LogP contribution in [0.15, 0.2) is 0 Å². The lowest BCUT2D eigenvalue weighted by molar-refractivity contribution is 0.180. The van der Waals surface area contributed by atoms with E-state index in [1.807, 2.05) is 0 Å². The largest absolute Gasteiger partial charge is 0.0622 e. The first-order chi connectivity index (χ1) is 6.05. The van der Waals surface area contributed by atoms with Crippen LogP contribution in [0.2, 0.25) is 0 Å². The molecule has 13 heavy (non-hydrogen) atoms. The van der Waals surface area contributed by atoms with Crippen molar-refractivity contribution in [2.45, 2.75) is 59.8 Å². The summed E-state index contributed by atoms with van der Waals surface area (Å²) < 4.78 is 0. The molecule has 1 spiro atoms. The summed E-state index contributed by atoms with van der Waals surface area (Å²) in [7, 11) is 0. The van der Waals surface area contributed by atoms with Crippen LogP contribution < -0.4 is 0 Å². The molecule has 0 heteroatoms. The van der Waals surface area contributed by atoms with E-state index in [1.54, 1.807) is 0 Å². The Morgan fingerprint density at radius 2 is 1.31 bits per heavy atom. The molecular weight excluding hydrogens is 156 g/mol. The summed E-state index contributed by atoms with van der Waals surface area (Å²) in [5.41, 5.74) is 1.53. The maximum absolute atomic E-state index is 2.44. The highest BCUT2D eigenvalue weighted by Gasteiger charge is 2.69. The molecule has 2 rings (SSSR count). The molecule has 2 aliphatic carbocycles. The average molecular weight is 180 g/mol. The number of rotatable bonds is 2. The first-order valence-electron chi connectivity index (χ1n) is 6.05.